The van der Waals surface area contributed by atoms with Gasteiger partial charge in [-0.3, -0.25) is 9.69 Å². The molecule has 1 aromatic carbocycles. The minimum Gasteiger partial charge on any atom is -0.478 e. The number of halogens is 1. The third-order valence-corrected chi connectivity index (χ3v) is 3.82. The van der Waals surface area contributed by atoms with Crippen LogP contribution in [0.2, 0.25) is 0 Å². The number of amides is 1. The van der Waals surface area contributed by atoms with E-state index in [1.807, 2.05) is 11.8 Å². The molecule has 5 nitrogen and oxygen atoms in total. The average Bonchev–Trinajstić information content (AvgIpc) is 2.72. The Morgan fingerprint density at radius 2 is 2.20 bits per heavy atom. The van der Waals surface area contributed by atoms with Crippen molar-refractivity contribution in [1.82, 2.24) is 4.90 Å². The fourth-order valence-corrected chi connectivity index (χ4v) is 2.48. The number of nitrogens with two attached hydrogens (primary N) is 1. The number of hydrogen-bond acceptors (Lipinski definition) is 3. The van der Waals surface area contributed by atoms with Crippen molar-refractivity contribution in [2.45, 2.75) is 19.9 Å². The van der Waals surface area contributed by atoms with E-state index in [9.17, 15) is 14.0 Å². The first-order valence-corrected chi connectivity index (χ1v) is 6.36. The van der Waals surface area contributed by atoms with Crippen molar-refractivity contribution < 1.29 is 19.1 Å². The van der Waals surface area contributed by atoms with Gasteiger partial charge in [0.2, 0.25) is 5.91 Å². The molecule has 1 aliphatic rings. The van der Waals surface area contributed by atoms with Crippen LogP contribution >= 0.6 is 0 Å². The molecule has 6 heteroatoms. The van der Waals surface area contributed by atoms with Gasteiger partial charge in [-0.1, -0.05) is 6.07 Å². The van der Waals surface area contributed by atoms with Gasteiger partial charge in [0.1, 0.15) is 5.82 Å². The van der Waals surface area contributed by atoms with Gasteiger partial charge in [0.05, 0.1) is 11.0 Å². The highest BCUT2D eigenvalue weighted by Crippen LogP contribution is 2.30. The maximum Gasteiger partial charge on any atom is 0.338 e. The molecule has 1 saturated heterocycles. The zero-order chi connectivity index (χ0) is 14.9. The van der Waals surface area contributed by atoms with Crippen LogP contribution in [0.15, 0.2) is 18.2 Å². The molecule has 0 aliphatic carbocycles. The number of carbonyl (C=O) groups excluding carboxylic acids is 1. The minimum absolute atomic E-state index is 0.326. The van der Waals surface area contributed by atoms with Crippen LogP contribution in [0.5, 0.6) is 0 Å². The summed E-state index contributed by atoms with van der Waals surface area (Å²) >= 11 is 0. The summed E-state index contributed by atoms with van der Waals surface area (Å²) in [5.41, 5.74) is 5.18. The molecule has 0 aromatic heterocycles. The molecule has 0 saturated carbocycles. The van der Waals surface area contributed by atoms with E-state index in [-0.39, 0.29) is 11.5 Å². The lowest BCUT2D eigenvalue weighted by atomic mass is 9.89. The van der Waals surface area contributed by atoms with Crippen molar-refractivity contribution in [3.63, 3.8) is 0 Å². The van der Waals surface area contributed by atoms with E-state index in [2.05, 4.69) is 0 Å². The molecule has 1 aromatic rings. The number of nitrogens with zero attached hydrogens (tertiary/aromatic N) is 1. The van der Waals surface area contributed by atoms with E-state index in [1.54, 1.807) is 6.07 Å². The van der Waals surface area contributed by atoms with Crippen LogP contribution in [0.4, 0.5) is 4.39 Å². The van der Waals surface area contributed by atoms with Crippen molar-refractivity contribution in [1.29, 1.82) is 0 Å². The van der Waals surface area contributed by atoms with Crippen LogP contribution in [-0.4, -0.2) is 35.0 Å². The molecule has 0 radical (unpaired) electrons. The summed E-state index contributed by atoms with van der Waals surface area (Å²) in [6, 6.07) is 4.08. The Morgan fingerprint density at radius 1 is 1.50 bits per heavy atom. The van der Waals surface area contributed by atoms with Gasteiger partial charge < -0.3 is 10.8 Å². The van der Waals surface area contributed by atoms with Gasteiger partial charge in [0.15, 0.2) is 0 Å². The molecule has 1 amide bonds. The van der Waals surface area contributed by atoms with Gasteiger partial charge in [-0.25, -0.2) is 9.18 Å². The van der Waals surface area contributed by atoms with Crippen LogP contribution in [0.1, 0.15) is 29.3 Å². The quantitative estimate of drug-likeness (QED) is 0.868. The van der Waals surface area contributed by atoms with E-state index in [0.29, 0.717) is 31.6 Å². The molecular formula is C14H17FN2O3. The highest BCUT2D eigenvalue weighted by Gasteiger charge is 2.38. The second-order valence-corrected chi connectivity index (χ2v) is 5.50. The normalized spacial score (nSPS) is 22.9. The third-order valence-electron chi connectivity index (χ3n) is 3.82. The molecule has 20 heavy (non-hydrogen) atoms. The molecule has 1 fully saturated rings. The van der Waals surface area contributed by atoms with Crippen molar-refractivity contribution in [3.8, 4) is 0 Å². The molecule has 108 valence electrons. The molecular weight excluding hydrogens is 263 g/mol. The molecule has 1 heterocycles. The standard InChI is InChI=1S/C14H17FN2O3/c1-14(13(16)20)4-5-17(8-14)7-9-2-3-10(12(18)19)11(15)6-9/h2-3,6H,4-5,7-8H2,1H3,(H2,16,20)(H,18,19). The highest BCUT2D eigenvalue weighted by molar-refractivity contribution is 5.87. The first kappa shape index (κ1) is 14.5. The van der Waals surface area contributed by atoms with Gasteiger partial charge in [-0.05, 0) is 37.6 Å². The average molecular weight is 280 g/mol. The smallest absolute Gasteiger partial charge is 0.338 e. The van der Waals surface area contributed by atoms with E-state index in [1.165, 1.54) is 12.1 Å². The molecule has 1 atom stereocenters. The number of aromatic carboxylic acids is 1. The third kappa shape index (κ3) is 2.80. The Kier molecular flexibility index (Phi) is 3.76. The number of carboxylic acid groups (broad SMARTS) is 1. The number of carbonyl (C=O) groups is 2. The van der Waals surface area contributed by atoms with Crippen molar-refractivity contribution in [2.24, 2.45) is 11.1 Å². The molecule has 2 rings (SSSR count). The fourth-order valence-electron chi connectivity index (χ4n) is 2.48. The van der Waals surface area contributed by atoms with Gasteiger partial charge in [0.25, 0.3) is 0 Å². The van der Waals surface area contributed by atoms with E-state index >= 15 is 0 Å². The SMILES string of the molecule is CC1(C(N)=O)CCN(Cc2ccc(C(=O)O)c(F)c2)C1. The lowest BCUT2D eigenvalue weighted by Crippen LogP contribution is -2.36. The predicted octanol–water partition coefficient (Wildman–Crippen LogP) is 1.22. The number of hydrogen-bond donors (Lipinski definition) is 2. The summed E-state index contributed by atoms with van der Waals surface area (Å²) in [5, 5.41) is 8.77. The zero-order valence-corrected chi connectivity index (χ0v) is 11.2. The summed E-state index contributed by atoms with van der Waals surface area (Å²) < 4.78 is 13.6. The first-order chi connectivity index (χ1) is 9.32. The van der Waals surface area contributed by atoms with Crippen LogP contribution < -0.4 is 5.73 Å². The number of primary amides is 1. The largest absolute Gasteiger partial charge is 0.478 e. The van der Waals surface area contributed by atoms with Gasteiger partial charge in [-0.2, -0.15) is 0 Å². The second-order valence-electron chi connectivity index (χ2n) is 5.50. The summed E-state index contributed by atoms with van der Waals surface area (Å²) in [4.78, 5) is 24.1. The van der Waals surface area contributed by atoms with E-state index < -0.39 is 17.2 Å². The Morgan fingerprint density at radius 3 is 2.70 bits per heavy atom. The second kappa shape index (κ2) is 5.20. The monoisotopic (exact) mass is 280 g/mol. The van der Waals surface area contributed by atoms with Crippen LogP contribution in [0, 0.1) is 11.2 Å². The topological polar surface area (TPSA) is 83.6 Å². The Hall–Kier alpha value is -1.95. The molecule has 0 bridgehead atoms. The number of likely N-dealkylation sites (tertiary alicyclic amines) is 1. The summed E-state index contributed by atoms with van der Waals surface area (Å²) in [5.74, 6) is -2.35. The van der Waals surface area contributed by atoms with E-state index in [0.717, 1.165) is 0 Å². The van der Waals surface area contributed by atoms with Gasteiger partial charge in [0, 0.05) is 13.1 Å². The van der Waals surface area contributed by atoms with Crippen LogP contribution in [0.3, 0.4) is 0 Å². The van der Waals surface area contributed by atoms with Crippen LogP contribution in [-0.2, 0) is 11.3 Å². The van der Waals surface area contributed by atoms with Gasteiger partial charge in [-0.15, -0.1) is 0 Å². The predicted molar refractivity (Wildman–Crippen MR) is 70.6 cm³/mol. The van der Waals surface area contributed by atoms with Gasteiger partial charge >= 0.3 is 5.97 Å². The maximum absolute atomic E-state index is 13.6. The lowest BCUT2D eigenvalue weighted by molar-refractivity contribution is -0.126. The molecule has 1 unspecified atom stereocenters. The maximum atomic E-state index is 13.6. The Balaban J connectivity index is 2.07. The number of benzene rings is 1. The van der Waals surface area contributed by atoms with Crippen LogP contribution in [0.25, 0.3) is 0 Å². The van der Waals surface area contributed by atoms with Crippen molar-refractivity contribution >= 4 is 11.9 Å². The van der Waals surface area contributed by atoms with Crippen molar-refractivity contribution in [3.05, 3.63) is 35.1 Å². The molecule has 0 spiro atoms. The molecule has 1 aliphatic heterocycles. The van der Waals surface area contributed by atoms with Crippen molar-refractivity contribution in [2.75, 3.05) is 13.1 Å². The highest BCUT2D eigenvalue weighted by atomic mass is 19.1. The summed E-state index contributed by atoms with van der Waals surface area (Å²) in [7, 11) is 0. The first-order valence-electron chi connectivity index (χ1n) is 6.36. The van der Waals surface area contributed by atoms with E-state index in [4.69, 9.17) is 10.8 Å². The number of carboxylic acids is 1. The summed E-state index contributed by atoms with van der Waals surface area (Å²) in [6.07, 6.45) is 0.679. The minimum atomic E-state index is -1.28. The fraction of sp³-hybridized carbons (Fsp3) is 0.429. The number of rotatable bonds is 4. The Labute approximate surface area is 116 Å². The Bertz CT molecular complexity index is 561. The summed E-state index contributed by atoms with van der Waals surface area (Å²) in [6.45, 7) is 3.54. The zero-order valence-electron chi connectivity index (χ0n) is 11.2. The lowest BCUT2D eigenvalue weighted by Gasteiger charge is -2.21. The molecule has 3 N–H and O–H groups in total.